The summed E-state index contributed by atoms with van der Waals surface area (Å²) in [5.74, 6) is 0.691. The molecule has 2 bridgehead atoms. The molecule has 0 saturated carbocycles. The molecule has 2 atom stereocenters. The summed E-state index contributed by atoms with van der Waals surface area (Å²) in [6.07, 6.45) is 5.49. The van der Waals surface area contributed by atoms with Gasteiger partial charge in [0.2, 0.25) is 0 Å². The average Bonchev–Trinajstić information content (AvgIpc) is 2.86. The SMILES string of the molecule is COc1cccnc1C1(O)CC2CCC(C1)N2Cc1ccccc1. The second kappa shape index (κ2) is 6.19. The summed E-state index contributed by atoms with van der Waals surface area (Å²) in [5, 5.41) is 11.4. The first kappa shape index (κ1) is 15.6. The van der Waals surface area contributed by atoms with Gasteiger partial charge in [0.1, 0.15) is 17.0 Å². The summed E-state index contributed by atoms with van der Waals surface area (Å²) in [6, 6.07) is 15.2. The van der Waals surface area contributed by atoms with Crippen LogP contribution in [0.2, 0.25) is 0 Å². The van der Waals surface area contributed by atoms with Crippen LogP contribution in [0.4, 0.5) is 0 Å². The second-order valence-corrected chi connectivity index (χ2v) is 7.04. The molecule has 24 heavy (non-hydrogen) atoms. The van der Waals surface area contributed by atoms with Crippen LogP contribution < -0.4 is 4.74 Å². The fraction of sp³-hybridized carbons (Fsp3) is 0.450. The second-order valence-electron chi connectivity index (χ2n) is 7.04. The summed E-state index contributed by atoms with van der Waals surface area (Å²) in [6.45, 7) is 0.964. The lowest BCUT2D eigenvalue weighted by atomic mass is 9.82. The van der Waals surface area contributed by atoms with Crippen molar-refractivity contribution in [3.8, 4) is 5.75 Å². The first-order chi connectivity index (χ1) is 11.7. The Morgan fingerprint density at radius 1 is 1.12 bits per heavy atom. The third-order valence-electron chi connectivity index (χ3n) is 5.56. The molecule has 2 aliphatic heterocycles. The molecule has 2 fully saturated rings. The predicted molar refractivity (Wildman–Crippen MR) is 92.7 cm³/mol. The minimum atomic E-state index is -0.883. The van der Waals surface area contributed by atoms with Crippen LogP contribution in [0.1, 0.15) is 36.9 Å². The maximum atomic E-state index is 11.4. The molecular weight excluding hydrogens is 300 g/mol. The van der Waals surface area contributed by atoms with E-state index in [1.165, 1.54) is 5.56 Å². The van der Waals surface area contributed by atoms with Crippen molar-refractivity contribution < 1.29 is 9.84 Å². The molecule has 1 aromatic heterocycles. The van der Waals surface area contributed by atoms with Gasteiger partial charge in [0.05, 0.1) is 7.11 Å². The van der Waals surface area contributed by atoms with Crippen molar-refractivity contribution in [1.29, 1.82) is 0 Å². The molecule has 0 radical (unpaired) electrons. The Bertz CT molecular complexity index is 690. The third-order valence-corrected chi connectivity index (χ3v) is 5.56. The van der Waals surface area contributed by atoms with Gasteiger partial charge in [0.15, 0.2) is 0 Å². The van der Waals surface area contributed by atoms with Crippen LogP contribution in [0.25, 0.3) is 0 Å². The summed E-state index contributed by atoms with van der Waals surface area (Å²) >= 11 is 0. The van der Waals surface area contributed by atoms with Crippen molar-refractivity contribution in [2.45, 2.75) is 49.9 Å². The van der Waals surface area contributed by atoms with Crippen molar-refractivity contribution in [1.82, 2.24) is 9.88 Å². The van der Waals surface area contributed by atoms with E-state index in [0.29, 0.717) is 23.5 Å². The van der Waals surface area contributed by atoms with E-state index in [2.05, 4.69) is 40.2 Å². The lowest BCUT2D eigenvalue weighted by Crippen LogP contribution is -2.49. The Labute approximate surface area is 143 Å². The standard InChI is InChI=1S/C20H24N2O2/c1-24-18-8-5-11-21-19(18)20(23)12-16-9-10-17(13-20)22(16)14-15-6-3-2-4-7-15/h2-8,11,16-17,23H,9-10,12-14H2,1H3. The number of rotatable bonds is 4. The topological polar surface area (TPSA) is 45.6 Å². The fourth-order valence-corrected chi connectivity index (χ4v) is 4.47. The van der Waals surface area contributed by atoms with Crippen LogP contribution in [0, 0.1) is 0 Å². The van der Waals surface area contributed by atoms with Gasteiger partial charge >= 0.3 is 0 Å². The summed E-state index contributed by atoms with van der Waals surface area (Å²) in [7, 11) is 1.64. The highest BCUT2D eigenvalue weighted by atomic mass is 16.5. The molecule has 1 aromatic carbocycles. The number of fused-ring (bicyclic) bond motifs is 2. The number of piperidine rings is 1. The fourth-order valence-electron chi connectivity index (χ4n) is 4.47. The van der Waals surface area contributed by atoms with Crippen LogP contribution in [-0.2, 0) is 12.1 Å². The summed E-state index contributed by atoms with van der Waals surface area (Å²) < 4.78 is 5.44. The van der Waals surface area contributed by atoms with Crippen molar-refractivity contribution >= 4 is 0 Å². The molecule has 0 aliphatic carbocycles. The van der Waals surface area contributed by atoms with Crippen LogP contribution in [0.5, 0.6) is 5.75 Å². The minimum absolute atomic E-state index is 0.403. The molecule has 2 aromatic rings. The molecule has 4 heteroatoms. The molecule has 2 aliphatic rings. The first-order valence-electron chi connectivity index (χ1n) is 8.71. The van der Waals surface area contributed by atoms with E-state index in [-0.39, 0.29) is 0 Å². The Morgan fingerprint density at radius 3 is 2.50 bits per heavy atom. The Morgan fingerprint density at radius 2 is 1.83 bits per heavy atom. The number of hydrogen-bond donors (Lipinski definition) is 1. The number of aromatic nitrogens is 1. The molecule has 2 unspecified atom stereocenters. The third kappa shape index (κ3) is 2.70. The number of aliphatic hydroxyl groups is 1. The Kier molecular flexibility index (Phi) is 4.02. The first-order valence-corrected chi connectivity index (χ1v) is 8.71. The molecule has 4 rings (SSSR count). The molecule has 2 saturated heterocycles. The molecule has 0 amide bonds. The highest BCUT2D eigenvalue weighted by molar-refractivity contribution is 5.33. The maximum absolute atomic E-state index is 11.4. The molecule has 3 heterocycles. The molecule has 126 valence electrons. The zero-order chi connectivity index (χ0) is 16.6. The van der Waals surface area contributed by atoms with Gasteiger partial charge in [-0.15, -0.1) is 0 Å². The van der Waals surface area contributed by atoms with Crippen LogP contribution in [0.3, 0.4) is 0 Å². The van der Waals surface area contributed by atoms with Gasteiger partial charge in [0.25, 0.3) is 0 Å². The zero-order valence-corrected chi connectivity index (χ0v) is 14.1. The molecule has 1 N–H and O–H groups in total. The van der Waals surface area contributed by atoms with Crippen LogP contribution in [0.15, 0.2) is 48.7 Å². The van der Waals surface area contributed by atoms with Crippen LogP contribution >= 0.6 is 0 Å². The number of hydrogen-bond acceptors (Lipinski definition) is 4. The van der Waals surface area contributed by atoms with Crippen molar-refractivity contribution in [2.75, 3.05) is 7.11 Å². The number of pyridine rings is 1. The highest BCUT2D eigenvalue weighted by Crippen LogP contribution is 2.47. The summed E-state index contributed by atoms with van der Waals surface area (Å²) in [5.41, 5.74) is 1.16. The number of methoxy groups -OCH3 is 1. The van der Waals surface area contributed by atoms with E-state index in [0.717, 1.165) is 32.2 Å². The number of benzene rings is 1. The lowest BCUT2D eigenvalue weighted by molar-refractivity contribution is -0.0636. The van der Waals surface area contributed by atoms with Crippen molar-refractivity contribution in [2.24, 2.45) is 0 Å². The van der Waals surface area contributed by atoms with Gasteiger partial charge in [-0.3, -0.25) is 9.88 Å². The lowest BCUT2D eigenvalue weighted by Gasteiger charge is -2.43. The molecule has 4 nitrogen and oxygen atoms in total. The van der Waals surface area contributed by atoms with Gasteiger partial charge in [-0.2, -0.15) is 0 Å². The van der Waals surface area contributed by atoms with Gasteiger partial charge < -0.3 is 9.84 Å². The van der Waals surface area contributed by atoms with Crippen molar-refractivity contribution in [3.05, 3.63) is 59.9 Å². The van der Waals surface area contributed by atoms with E-state index < -0.39 is 5.60 Å². The average molecular weight is 324 g/mol. The Hall–Kier alpha value is -1.91. The smallest absolute Gasteiger partial charge is 0.143 e. The highest BCUT2D eigenvalue weighted by Gasteiger charge is 2.49. The van der Waals surface area contributed by atoms with Crippen molar-refractivity contribution in [3.63, 3.8) is 0 Å². The number of ether oxygens (including phenoxy) is 1. The number of nitrogens with zero attached hydrogens (tertiary/aromatic N) is 2. The van der Waals surface area contributed by atoms with E-state index in [4.69, 9.17) is 4.74 Å². The zero-order valence-electron chi connectivity index (χ0n) is 14.1. The maximum Gasteiger partial charge on any atom is 0.143 e. The quantitative estimate of drug-likeness (QED) is 0.939. The Balaban J connectivity index is 1.57. The van der Waals surface area contributed by atoms with Crippen LogP contribution in [-0.4, -0.2) is 34.2 Å². The normalized spacial score (nSPS) is 29.6. The monoisotopic (exact) mass is 324 g/mol. The molecular formula is C20H24N2O2. The van der Waals surface area contributed by atoms with Gasteiger partial charge in [-0.25, -0.2) is 0 Å². The summed E-state index contributed by atoms with van der Waals surface area (Å²) in [4.78, 5) is 7.03. The van der Waals surface area contributed by atoms with E-state index in [1.54, 1.807) is 13.3 Å². The predicted octanol–water partition coefficient (Wildman–Crippen LogP) is 3.10. The van der Waals surface area contributed by atoms with Gasteiger partial charge in [0, 0.05) is 24.8 Å². The van der Waals surface area contributed by atoms with Gasteiger partial charge in [-0.05, 0) is 43.4 Å². The molecule has 0 spiro atoms. The van der Waals surface area contributed by atoms with Gasteiger partial charge in [-0.1, -0.05) is 30.3 Å². The van der Waals surface area contributed by atoms with E-state index in [1.807, 2.05) is 12.1 Å². The minimum Gasteiger partial charge on any atom is -0.495 e. The van der Waals surface area contributed by atoms with E-state index in [9.17, 15) is 5.11 Å². The largest absolute Gasteiger partial charge is 0.495 e. The van der Waals surface area contributed by atoms with E-state index >= 15 is 0 Å².